The van der Waals surface area contributed by atoms with Crippen LogP contribution in [0, 0.1) is 16.7 Å². The number of hydrogen-bond donors (Lipinski definition) is 2. The third-order valence-electron chi connectivity index (χ3n) is 9.37. The highest BCUT2D eigenvalue weighted by Gasteiger charge is 2.61. The van der Waals surface area contributed by atoms with E-state index in [0.717, 1.165) is 38.3 Å². The van der Waals surface area contributed by atoms with Crippen LogP contribution in [0.2, 0.25) is 0 Å². The lowest BCUT2D eigenvalue weighted by Crippen LogP contribution is -2.47. The molecule has 2 N–H and O–H groups in total. The van der Waals surface area contributed by atoms with Crippen molar-refractivity contribution >= 4 is 23.2 Å². The first-order chi connectivity index (χ1) is 16.8. The summed E-state index contributed by atoms with van der Waals surface area (Å²) in [6, 6.07) is 10.3. The highest BCUT2D eigenvalue weighted by Crippen LogP contribution is 2.65. The lowest BCUT2D eigenvalue weighted by molar-refractivity contribution is 0.0821. The molecule has 0 spiro atoms. The van der Waals surface area contributed by atoms with E-state index in [-0.39, 0.29) is 22.8 Å². The second-order valence-electron chi connectivity index (χ2n) is 11.4. The van der Waals surface area contributed by atoms with Gasteiger partial charge in [-0.25, -0.2) is 9.97 Å². The average Bonchev–Trinajstić information content (AvgIpc) is 3.19. The smallest absolute Gasteiger partial charge is 0.270 e. The second-order valence-corrected chi connectivity index (χ2v) is 11.4. The van der Waals surface area contributed by atoms with Gasteiger partial charge in [0.2, 0.25) is 5.95 Å². The van der Waals surface area contributed by atoms with Crippen LogP contribution in [0.5, 0.6) is 0 Å². The maximum Gasteiger partial charge on any atom is 0.270 e. The minimum atomic E-state index is -0.108. The zero-order valence-electron chi connectivity index (χ0n) is 21.7. The first-order valence-corrected chi connectivity index (χ1v) is 13.3. The van der Waals surface area contributed by atoms with Crippen LogP contribution in [0.25, 0.3) is 0 Å². The van der Waals surface area contributed by atoms with E-state index in [0.29, 0.717) is 17.6 Å². The number of piperazine rings is 1. The number of aromatic nitrogens is 2. The van der Waals surface area contributed by atoms with Crippen LogP contribution >= 0.6 is 0 Å². The number of carbonyl (C=O) groups excluding carboxylic acids is 1. The molecule has 1 aromatic heterocycles. The molecule has 0 radical (unpaired) electrons. The van der Waals surface area contributed by atoms with Gasteiger partial charge < -0.3 is 15.5 Å². The van der Waals surface area contributed by atoms with Gasteiger partial charge in [-0.1, -0.05) is 33.8 Å². The standard InChI is InChI=1S/C28H40N6O/c1-5-13-33-14-16-34(17-15-33)22-8-6-7-21(19-22)30-26-29-12-10-23(31-26)25(35)32-24-18-20-9-11-28(24,4)27(20,2)3/h6-8,10,12,19-20,24H,5,9,11,13-18H2,1-4H3,(H,32,35)(H,29,30,31). The highest BCUT2D eigenvalue weighted by atomic mass is 16.2. The Balaban J connectivity index is 1.23. The molecule has 35 heavy (non-hydrogen) atoms. The van der Waals surface area contributed by atoms with E-state index < -0.39 is 0 Å². The van der Waals surface area contributed by atoms with E-state index in [2.05, 4.69) is 76.3 Å². The number of amides is 1. The van der Waals surface area contributed by atoms with Gasteiger partial charge in [-0.3, -0.25) is 9.69 Å². The van der Waals surface area contributed by atoms with Crippen LogP contribution in [0.3, 0.4) is 0 Å². The number of hydrogen-bond acceptors (Lipinski definition) is 6. The molecule has 2 aromatic rings. The fourth-order valence-electron chi connectivity index (χ4n) is 6.65. The monoisotopic (exact) mass is 476 g/mol. The summed E-state index contributed by atoms with van der Waals surface area (Å²) in [6.45, 7) is 14.8. The first kappa shape index (κ1) is 24.0. The highest BCUT2D eigenvalue weighted by molar-refractivity contribution is 5.92. The van der Waals surface area contributed by atoms with Crippen molar-refractivity contribution in [2.75, 3.05) is 42.9 Å². The summed E-state index contributed by atoms with van der Waals surface area (Å²) in [5, 5.41) is 6.62. The van der Waals surface area contributed by atoms with Gasteiger partial charge in [0.05, 0.1) is 0 Å². The normalized spacial score (nSPS) is 27.7. The molecule has 3 aliphatic rings. The molecule has 188 valence electrons. The molecular formula is C28H40N6O. The third-order valence-corrected chi connectivity index (χ3v) is 9.37. The Hall–Kier alpha value is -2.67. The number of fused-ring (bicyclic) bond motifs is 2. The Morgan fingerprint density at radius 1 is 1.14 bits per heavy atom. The van der Waals surface area contributed by atoms with E-state index in [9.17, 15) is 4.79 Å². The molecule has 7 nitrogen and oxygen atoms in total. The van der Waals surface area contributed by atoms with E-state index >= 15 is 0 Å². The van der Waals surface area contributed by atoms with Crippen molar-refractivity contribution in [1.29, 1.82) is 0 Å². The molecule has 2 bridgehead atoms. The summed E-state index contributed by atoms with van der Waals surface area (Å²) < 4.78 is 0. The minimum Gasteiger partial charge on any atom is -0.369 e. The summed E-state index contributed by atoms with van der Waals surface area (Å²) in [5.74, 6) is 1.02. The number of nitrogens with one attached hydrogen (secondary N) is 2. The molecule has 1 amide bonds. The molecule has 1 aliphatic heterocycles. The number of benzene rings is 1. The predicted molar refractivity (Wildman–Crippen MR) is 141 cm³/mol. The Morgan fingerprint density at radius 3 is 2.63 bits per heavy atom. The summed E-state index contributed by atoms with van der Waals surface area (Å²) in [4.78, 5) is 27.0. The van der Waals surface area contributed by atoms with Crippen LogP contribution in [0.15, 0.2) is 36.5 Å². The number of nitrogens with zero attached hydrogens (tertiary/aromatic N) is 4. The van der Waals surface area contributed by atoms with E-state index in [1.807, 2.05) is 6.07 Å². The van der Waals surface area contributed by atoms with Crippen molar-refractivity contribution in [3.8, 4) is 0 Å². The summed E-state index contributed by atoms with van der Waals surface area (Å²) in [7, 11) is 0. The number of carbonyl (C=O) groups is 1. The van der Waals surface area contributed by atoms with Crippen LogP contribution in [0.4, 0.5) is 17.3 Å². The Bertz CT molecular complexity index is 1060. The van der Waals surface area contributed by atoms with Gasteiger partial charge >= 0.3 is 0 Å². The lowest BCUT2D eigenvalue weighted by atomic mass is 9.69. The van der Waals surface area contributed by atoms with Crippen molar-refractivity contribution in [3.05, 3.63) is 42.2 Å². The first-order valence-electron chi connectivity index (χ1n) is 13.3. The van der Waals surface area contributed by atoms with Crippen molar-refractivity contribution in [2.45, 2.75) is 59.4 Å². The summed E-state index contributed by atoms with van der Waals surface area (Å²) in [5.41, 5.74) is 2.95. The second kappa shape index (κ2) is 9.41. The fourth-order valence-corrected chi connectivity index (χ4v) is 6.65. The number of rotatable bonds is 7. The van der Waals surface area contributed by atoms with E-state index in [4.69, 9.17) is 0 Å². The van der Waals surface area contributed by atoms with E-state index in [1.165, 1.54) is 31.5 Å². The molecule has 2 aliphatic carbocycles. The van der Waals surface area contributed by atoms with Crippen molar-refractivity contribution in [1.82, 2.24) is 20.2 Å². The van der Waals surface area contributed by atoms with Gasteiger partial charge in [-0.05, 0) is 73.2 Å². The van der Waals surface area contributed by atoms with Crippen LogP contribution in [-0.4, -0.2) is 59.5 Å². The maximum atomic E-state index is 13.1. The van der Waals surface area contributed by atoms with Gasteiger partial charge in [0.15, 0.2) is 0 Å². The predicted octanol–water partition coefficient (Wildman–Crippen LogP) is 4.70. The SMILES string of the molecule is CCCN1CCN(c2cccc(Nc3nccc(C(=O)NC4CC5CCC4(C)C5(C)C)n3)c2)CC1. The largest absolute Gasteiger partial charge is 0.369 e. The fraction of sp³-hybridized carbons (Fsp3) is 0.607. The molecule has 3 fully saturated rings. The van der Waals surface area contributed by atoms with Crippen molar-refractivity contribution in [3.63, 3.8) is 0 Å². The van der Waals surface area contributed by atoms with Gasteiger partial charge in [0.25, 0.3) is 5.91 Å². The molecule has 7 heteroatoms. The van der Waals surface area contributed by atoms with Crippen molar-refractivity contribution in [2.24, 2.45) is 16.7 Å². The molecule has 5 rings (SSSR count). The van der Waals surface area contributed by atoms with E-state index in [1.54, 1.807) is 12.3 Å². The number of anilines is 3. The topological polar surface area (TPSA) is 73.4 Å². The molecule has 1 aromatic carbocycles. The Kier molecular flexibility index (Phi) is 6.47. The van der Waals surface area contributed by atoms with Crippen LogP contribution in [-0.2, 0) is 0 Å². The minimum absolute atomic E-state index is 0.108. The molecule has 2 saturated carbocycles. The molecular weight excluding hydrogens is 436 g/mol. The maximum absolute atomic E-state index is 13.1. The van der Waals surface area contributed by atoms with Gasteiger partial charge in [0, 0.05) is 49.8 Å². The van der Waals surface area contributed by atoms with Crippen LogP contribution < -0.4 is 15.5 Å². The lowest BCUT2D eigenvalue weighted by Gasteiger charge is -2.39. The third kappa shape index (κ3) is 4.51. The van der Waals surface area contributed by atoms with Gasteiger partial charge in [0.1, 0.15) is 5.69 Å². The summed E-state index contributed by atoms with van der Waals surface area (Å²) >= 11 is 0. The molecule has 3 unspecified atom stereocenters. The zero-order valence-corrected chi connectivity index (χ0v) is 21.7. The Labute approximate surface area is 209 Å². The van der Waals surface area contributed by atoms with Crippen molar-refractivity contribution < 1.29 is 4.79 Å². The Morgan fingerprint density at radius 2 is 1.94 bits per heavy atom. The molecule has 3 atom stereocenters. The summed E-state index contributed by atoms with van der Waals surface area (Å²) in [6.07, 6.45) is 6.37. The van der Waals surface area contributed by atoms with Gasteiger partial charge in [-0.15, -0.1) is 0 Å². The quantitative estimate of drug-likeness (QED) is 0.604. The van der Waals surface area contributed by atoms with Crippen LogP contribution in [0.1, 0.15) is 63.9 Å². The zero-order chi connectivity index (χ0) is 24.6. The van der Waals surface area contributed by atoms with Gasteiger partial charge in [-0.2, -0.15) is 0 Å². The average molecular weight is 477 g/mol. The molecule has 1 saturated heterocycles. The molecule has 2 heterocycles.